The quantitative estimate of drug-likeness (QED) is 0.674. The van der Waals surface area contributed by atoms with Gasteiger partial charge in [0.1, 0.15) is 0 Å². The van der Waals surface area contributed by atoms with Crippen molar-refractivity contribution < 1.29 is 0 Å². The largest absolute Gasteiger partial charge is 0.316 e. The maximum atomic E-state index is 3.55. The Bertz CT molecular complexity index is 153. The number of nitrogens with one attached hydrogen (secondary N) is 1. The third-order valence-electron chi connectivity index (χ3n) is 3.07. The molecule has 1 aliphatic heterocycles. The molecule has 1 atom stereocenters. The van der Waals surface area contributed by atoms with Crippen molar-refractivity contribution >= 4 is 11.8 Å². The van der Waals surface area contributed by atoms with Crippen LogP contribution in [0.25, 0.3) is 0 Å². The summed E-state index contributed by atoms with van der Waals surface area (Å²) in [6, 6.07) is 0. The van der Waals surface area contributed by atoms with Crippen molar-refractivity contribution in [2.45, 2.75) is 26.2 Å². The van der Waals surface area contributed by atoms with Gasteiger partial charge in [-0.1, -0.05) is 6.92 Å². The van der Waals surface area contributed by atoms with Gasteiger partial charge in [-0.05, 0) is 51.1 Å². The fourth-order valence-corrected chi connectivity index (χ4v) is 2.67. The summed E-state index contributed by atoms with van der Waals surface area (Å²) < 4.78 is 0. The minimum Gasteiger partial charge on any atom is -0.316 e. The highest BCUT2D eigenvalue weighted by Crippen LogP contribution is 2.15. The minimum absolute atomic E-state index is 0.896. The van der Waals surface area contributed by atoms with Crippen molar-refractivity contribution in [3.05, 3.63) is 0 Å². The Morgan fingerprint density at radius 2 is 2.33 bits per heavy atom. The number of likely N-dealkylation sites (tertiary alicyclic amines) is 1. The Kier molecular flexibility index (Phi) is 7.49. The molecule has 1 fully saturated rings. The van der Waals surface area contributed by atoms with Crippen LogP contribution in [0.5, 0.6) is 0 Å². The van der Waals surface area contributed by atoms with Crippen LogP contribution < -0.4 is 5.32 Å². The summed E-state index contributed by atoms with van der Waals surface area (Å²) >= 11 is 1.96. The number of nitrogens with zero attached hydrogens (tertiary/aromatic N) is 1. The van der Waals surface area contributed by atoms with Crippen molar-refractivity contribution in [3.63, 3.8) is 0 Å². The van der Waals surface area contributed by atoms with E-state index in [2.05, 4.69) is 23.4 Å². The summed E-state index contributed by atoms with van der Waals surface area (Å²) in [6.07, 6.45) is 6.27. The second-order valence-electron chi connectivity index (χ2n) is 4.51. The van der Waals surface area contributed by atoms with E-state index in [9.17, 15) is 0 Å². The average molecular weight is 230 g/mol. The van der Waals surface area contributed by atoms with Crippen LogP contribution in [0.4, 0.5) is 0 Å². The third-order valence-corrected chi connectivity index (χ3v) is 3.67. The predicted molar refractivity (Wildman–Crippen MR) is 70.7 cm³/mol. The Labute approximate surface area is 99.2 Å². The van der Waals surface area contributed by atoms with Crippen LogP contribution in [0, 0.1) is 5.92 Å². The van der Waals surface area contributed by atoms with E-state index >= 15 is 0 Å². The molecule has 15 heavy (non-hydrogen) atoms. The minimum atomic E-state index is 0.896. The van der Waals surface area contributed by atoms with Gasteiger partial charge in [0.15, 0.2) is 0 Å². The van der Waals surface area contributed by atoms with Crippen molar-refractivity contribution in [3.8, 4) is 0 Å². The molecule has 90 valence electrons. The molecule has 0 aromatic carbocycles. The molecule has 0 spiro atoms. The number of hydrogen-bond acceptors (Lipinski definition) is 3. The van der Waals surface area contributed by atoms with Gasteiger partial charge in [0.2, 0.25) is 0 Å². The second kappa shape index (κ2) is 8.43. The molecule has 0 amide bonds. The van der Waals surface area contributed by atoms with Gasteiger partial charge in [0.05, 0.1) is 0 Å². The molecule has 1 rings (SSSR count). The molecule has 3 heteroatoms. The number of piperidine rings is 1. The molecular formula is C12H26N2S. The highest BCUT2D eigenvalue weighted by atomic mass is 32.2. The zero-order valence-electron chi connectivity index (χ0n) is 10.3. The number of hydrogen-bond donors (Lipinski definition) is 1. The molecule has 1 aliphatic rings. The van der Waals surface area contributed by atoms with Crippen LogP contribution >= 0.6 is 11.8 Å². The average Bonchev–Trinajstić information content (AvgIpc) is 2.27. The zero-order chi connectivity index (χ0) is 10.9. The topological polar surface area (TPSA) is 15.3 Å². The van der Waals surface area contributed by atoms with E-state index in [-0.39, 0.29) is 0 Å². The molecule has 1 heterocycles. The van der Waals surface area contributed by atoms with Gasteiger partial charge < -0.3 is 10.2 Å². The van der Waals surface area contributed by atoms with Gasteiger partial charge in [-0.2, -0.15) is 11.8 Å². The highest BCUT2D eigenvalue weighted by Gasteiger charge is 2.18. The first kappa shape index (κ1) is 13.3. The summed E-state index contributed by atoms with van der Waals surface area (Å²) in [4.78, 5) is 2.64. The Hall–Kier alpha value is 0.270. The van der Waals surface area contributed by atoms with Gasteiger partial charge in [0.25, 0.3) is 0 Å². The first-order valence-electron chi connectivity index (χ1n) is 6.28. The van der Waals surface area contributed by atoms with E-state index in [4.69, 9.17) is 0 Å². The van der Waals surface area contributed by atoms with Gasteiger partial charge in [-0.15, -0.1) is 0 Å². The van der Waals surface area contributed by atoms with E-state index in [1.165, 1.54) is 57.7 Å². The van der Waals surface area contributed by atoms with Crippen LogP contribution in [0.1, 0.15) is 26.2 Å². The Morgan fingerprint density at radius 1 is 1.47 bits per heavy atom. The lowest BCUT2D eigenvalue weighted by atomic mass is 9.98. The van der Waals surface area contributed by atoms with Crippen LogP contribution in [0.2, 0.25) is 0 Å². The van der Waals surface area contributed by atoms with Crippen molar-refractivity contribution in [1.29, 1.82) is 0 Å². The fraction of sp³-hybridized carbons (Fsp3) is 1.00. The summed E-state index contributed by atoms with van der Waals surface area (Å²) in [5, 5.41) is 3.55. The van der Waals surface area contributed by atoms with E-state index in [1.54, 1.807) is 0 Å². The molecular weight excluding hydrogens is 204 g/mol. The summed E-state index contributed by atoms with van der Waals surface area (Å²) in [6.45, 7) is 8.57. The Balaban J connectivity index is 2.11. The Morgan fingerprint density at radius 3 is 3.07 bits per heavy atom. The van der Waals surface area contributed by atoms with Crippen molar-refractivity contribution in [1.82, 2.24) is 10.2 Å². The van der Waals surface area contributed by atoms with Crippen molar-refractivity contribution in [2.75, 3.05) is 44.7 Å². The first-order valence-corrected chi connectivity index (χ1v) is 7.68. The standard InChI is InChI=1S/C12H26N2S/c1-3-6-13-10-12-5-4-7-14(11-12)8-9-15-2/h12-13H,3-11H2,1-2H3. The summed E-state index contributed by atoms with van der Waals surface area (Å²) in [5.74, 6) is 2.18. The van der Waals surface area contributed by atoms with Gasteiger partial charge in [0, 0.05) is 18.8 Å². The molecule has 0 bridgehead atoms. The molecule has 1 N–H and O–H groups in total. The van der Waals surface area contributed by atoms with Crippen LogP contribution in [0.15, 0.2) is 0 Å². The SMILES string of the molecule is CCCNCC1CCCN(CCSC)C1. The third kappa shape index (κ3) is 5.79. The lowest BCUT2D eigenvalue weighted by molar-refractivity contribution is 0.181. The molecule has 1 saturated heterocycles. The summed E-state index contributed by atoms with van der Waals surface area (Å²) in [5.41, 5.74) is 0. The lowest BCUT2D eigenvalue weighted by Crippen LogP contribution is -2.40. The van der Waals surface area contributed by atoms with E-state index in [0.717, 1.165) is 5.92 Å². The van der Waals surface area contributed by atoms with E-state index in [1.807, 2.05) is 11.8 Å². The molecule has 1 unspecified atom stereocenters. The number of rotatable bonds is 7. The van der Waals surface area contributed by atoms with Crippen molar-refractivity contribution in [2.24, 2.45) is 5.92 Å². The maximum absolute atomic E-state index is 3.55. The lowest BCUT2D eigenvalue weighted by Gasteiger charge is -2.32. The second-order valence-corrected chi connectivity index (χ2v) is 5.49. The molecule has 0 saturated carbocycles. The van der Waals surface area contributed by atoms with Crippen LogP contribution in [-0.2, 0) is 0 Å². The molecule has 0 aromatic rings. The molecule has 0 aliphatic carbocycles. The van der Waals surface area contributed by atoms with Crippen LogP contribution in [-0.4, -0.2) is 49.6 Å². The van der Waals surface area contributed by atoms with E-state index in [0.29, 0.717) is 0 Å². The highest BCUT2D eigenvalue weighted by molar-refractivity contribution is 7.98. The first-order chi connectivity index (χ1) is 7.36. The summed E-state index contributed by atoms with van der Waals surface area (Å²) in [7, 11) is 0. The molecule has 0 radical (unpaired) electrons. The monoisotopic (exact) mass is 230 g/mol. The van der Waals surface area contributed by atoms with Gasteiger partial charge in [-0.3, -0.25) is 0 Å². The maximum Gasteiger partial charge on any atom is 0.00724 e. The fourth-order valence-electron chi connectivity index (χ4n) is 2.22. The zero-order valence-corrected chi connectivity index (χ0v) is 11.1. The van der Waals surface area contributed by atoms with Crippen LogP contribution in [0.3, 0.4) is 0 Å². The predicted octanol–water partition coefficient (Wildman–Crippen LogP) is 2.06. The van der Waals surface area contributed by atoms with Gasteiger partial charge in [-0.25, -0.2) is 0 Å². The van der Waals surface area contributed by atoms with E-state index < -0.39 is 0 Å². The van der Waals surface area contributed by atoms with Gasteiger partial charge >= 0.3 is 0 Å². The smallest absolute Gasteiger partial charge is 0.00724 e. The molecule has 2 nitrogen and oxygen atoms in total. The molecule has 0 aromatic heterocycles. The number of thioether (sulfide) groups is 1. The normalized spacial score (nSPS) is 23.2.